The molecule has 8 nitrogen and oxygen atoms in total. The van der Waals surface area contributed by atoms with E-state index in [0.29, 0.717) is 0 Å². The van der Waals surface area contributed by atoms with E-state index in [1.165, 1.54) is 16.4 Å². The summed E-state index contributed by atoms with van der Waals surface area (Å²) in [5, 5.41) is 26.5. The van der Waals surface area contributed by atoms with Crippen molar-refractivity contribution in [3.8, 4) is 0 Å². The summed E-state index contributed by atoms with van der Waals surface area (Å²) in [6, 6.07) is 0. The number of hydrogen-bond acceptors (Lipinski definition) is 8. The molecule has 127 valence electrons. The van der Waals surface area contributed by atoms with Crippen LogP contribution in [-0.2, 0) is 25.6 Å². The minimum absolute atomic E-state index is 0.296. The molecule has 0 aromatic carbocycles. The van der Waals surface area contributed by atoms with Crippen LogP contribution in [0.4, 0.5) is 0 Å². The van der Waals surface area contributed by atoms with Crippen molar-refractivity contribution in [2.75, 3.05) is 19.8 Å². The first kappa shape index (κ1) is 24.3. The van der Waals surface area contributed by atoms with Gasteiger partial charge in [-0.2, -0.15) is 0 Å². The molecule has 0 unspecified atom stereocenters. The maximum atomic E-state index is 10.3. The zero-order valence-electron chi connectivity index (χ0n) is 11.8. The summed E-state index contributed by atoms with van der Waals surface area (Å²) in [6.07, 6.45) is 8.03. The van der Waals surface area contributed by atoms with Crippen LogP contribution in [0.25, 0.3) is 0 Å². The average molecular weight is 385 g/mol. The van der Waals surface area contributed by atoms with Gasteiger partial charge >= 0.3 is 45.1 Å². The Balaban J connectivity index is 0. The van der Waals surface area contributed by atoms with Crippen LogP contribution in [0.1, 0.15) is 6.42 Å². The Morgan fingerprint density at radius 3 is 1.91 bits per heavy atom. The molecular weight excluding hydrogens is 370 g/mol. The molecule has 0 atom stereocenters. The third-order valence-electron chi connectivity index (χ3n) is 2.52. The predicted octanol–water partition coefficient (Wildman–Crippen LogP) is -3.23. The van der Waals surface area contributed by atoms with E-state index in [1.54, 1.807) is 0 Å². The van der Waals surface area contributed by atoms with Crippen molar-refractivity contribution in [2.24, 2.45) is 5.41 Å². The number of rotatable bonds is 5. The first-order chi connectivity index (χ1) is 10.8. The van der Waals surface area contributed by atoms with Crippen LogP contribution in [0.2, 0.25) is 0 Å². The topological polar surface area (TPSA) is 164 Å². The summed E-state index contributed by atoms with van der Waals surface area (Å²) in [6.45, 7) is -1.95. The van der Waals surface area contributed by atoms with Gasteiger partial charge in [0, 0.05) is 6.08 Å². The van der Waals surface area contributed by atoms with Gasteiger partial charge in [-0.3, -0.25) is 0 Å². The summed E-state index contributed by atoms with van der Waals surface area (Å²) in [5.41, 5.74) is -1.81. The first-order valence-corrected chi connectivity index (χ1v) is 7.63. The van der Waals surface area contributed by atoms with Crippen LogP contribution in [0.5, 0.6) is 0 Å². The van der Waals surface area contributed by atoms with Crippen LogP contribution in [0.3, 0.4) is 0 Å². The number of allylic oxidation sites excluding steroid dienone is 5. The zero-order chi connectivity index (χ0) is 18.3. The SMILES string of the molecule is O=C=CC(=C=O)C(CO)(CO)CO.[Mn+3][C]1=CC=CC1.[O-]P([O-])[O-]. The number of aliphatic hydroxyl groups is 3. The van der Waals surface area contributed by atoms with Crippen LogP contribution in [0, 0.1) is 5.41 Å². The quantitative estimate of drug-likeness (QED) is 0.192. The molecule has 1 aliphatic carbocycles. The molecule has 0 aromatic heterocycles. The fourth-order valence-corrected chi connectivity index (χ4v) is 1.43. The molecule has 0 saturated carbocycles. The van der Waals surface area contributed by atoms with E-state index >= 15 is 0 Å². The Morgan fingerprint density at radius 1 is 1.26 bits per heavy atom. The minimum atomic E-state index is -3.37. The fourth-order valence-electron chi connectivity index (χ4n) is 1.18. The van der Waals surface area contributed by atoms with Gasteiger partial charge in [0.05, 0.1) is 30.8 Å². The molecule has 0 bridgehead atoms. The van der Waals surface area contributed by atoms with Crippen molar-refractivity contribution in [1.29, 1.82) is 0 Å². The van der Waals surface area contributed by atoms with Crippen molar-refractivity contribution in [3.05, 3.63) is 34.3 Å². The van der Waals surface area contributed by atoms with Crippen molar-refractivity contribution >= 4 is 20.5 Å². The smallest absolute Gasteiger partial charge is 0.438 e. The standard InChI is InChI=1S/C8H10O5.C5H5.Mn.O3P/c9-2-1-7(3-10)8(4-11,5-12)6-13;1-2-4-5-3-1;;1-4(2)3/h1,11-13H,4-6H2;1-3H,4H2;;/q;;+3;-3. The molecule has 0 radical (unpaired) electrons. The third-order valence-corrected chi connectivity index (χ3v) is 2.96. The third kappa shape index (κ3) is 11.3. The minimum Gasteiger partial charge on any atom is -0.854 e. The number of carbonyl (C=O) groups excluding carboxylic acids is 2. The summed E-state index contributed by atoms with van der Waals surface area (Å²) in [4.78, 5) is 45.7. The molecule has 10 heteroatoms. The second kappa shape index (κ2) is 14.7. The van der Waals surface area contributed by atoms with Crippen LogP contribution >= 0.6 is 8.60 Å². The molecule has 0 spiro atoms. The summed E-state index contributed by atoms with van der Waals surface area (Å²) < 4.78 is 1.28. The van der Waals surface area contributed by atoms with Gasteiger partial charge < -0.3 is 38.6 Å². The monoisotopic (exact) mass is 385 g/mol. The largest absolute Gasteiger partial charge is 0.854 e. The molecule has 0 heterocycles. The molecule has 0 amide bonds. The maximum Gasteiger partial charge on any atom is -0.438 e. The van der Waals surface area contributed by atoms with Gasteiger partial charge in [-0.15, -0.1) is 0 Å². The molecule has 23 heavy (non-hydrogen) atoms. The Bertz CT molecular complexity index is 475. The second-order valence-corrected chi connectivity index (χ2v) is 5.21. The van der Waals surface area contributed by atoms with Crippen LogP contribution in [-0.4, -0.2) is 47.0 Å². The molecule has 0 fully saturated rings. The zero-order valence-corrected chi connectivity index (χ0v) is 13.9. The van der Waals surface area contributed by atoms with Crippen LogP contribution in [0.15, 0.2) is 34.3 Å². The number of aliphatic hydroxyl groups excluding tert-OH is 3. The Labute approximate surface area is 142 Å². The van der Waals surface area contributed by atoms with E-state index in [0.717, 1.165) is 12.5 Å². The van der Waals surface area contributed by atoms with E-state index < -0.39 is 33.8 Å². The molecular formula is C13H15MnO8P. The van der Waals surface area contributed by atoms with E-state index in [1.807, 2.05) is 6.08 Å². The van der Waals surface area contributed by atoms with E-state index in [4.69, 9.17) is 30.0 Å². The molecule has 0 saturated heterocycles. The Hall–Kier alpha value is -0.911. The van der Waals surface area contributed by atoms with Gasteiger partial charge in [0.25, 0.3) is 0 Å². The Kier molecular flexibility index (Phi) is 15.5. The normalized spacial score (nSPS) is 12.0. The average Bonchev–Trinajstić information content (AvgIpc) is 2.99. The van der Waals surface area contributed by atoms with Crippen molar-refractivity contribution in [2.45, 2.75) is 6.42 Å². The van der Waals surface area contributed by atoms with Gasteiger partial charge in [-0.25, -0.2) is 9.59 Å². The van der Waals surface area contributed by atoms with E-state index in [9.17, 15) is 9.59 Å². The maximum absolute atomic E-state index is 10.3. The fraction of sp³-hybridized carbons (Fsp3) is 0.385. The number of hydrogen-bond donors (Lipinski definition) is 3. The van der Waals surface area contributed by atoms with Gasteiger partial charge in [-0.05, 0) is 0 Å². The van der Waals surface area contributed by atoms with Crippen molar-refractivity contribution in [1.82, 2.24) is 0 Å². The van der Waals surface area contributed by atoms with Gasteiger partial charge in [-0.1, -0.05) is 0 Å². The van der Waals surface area contributed by atoms with Crippen molar-refractivity contribution < 1.29 is 55.6 Å². The van der Waals surface area contributed by atoms with Crippen molar-refractivity contribution in [3.63, 3.8) is 0 Å². The van der Waals surface area contributed by atoms with Gasteiger partial charge in [0.2, 0.25) is 0 Å². The first-order valence-electron chi connectivity index (χ1n) is 5.95. The molecule has 0 aliphatic heterocycles. The van der Waals surface area contributed by atoms with E-state index in [-0.39, 0.29) is 5.57 Å². The molecule has 0 aromatic rings. The van der Waals surface area contributed by atoms with Gasteiger partial charge in [0.15, 0.2) is 0 Å². The summed E-state index contributed by atoms with van der Waals surface area (Å²) in [7, 11) is -3.37. The summed E-state index contributed by atoms with van der Waals surface area (Å²) >= 11 is 3.34. The second-order valence-electron chi connectivity index (χ2n) is 4.00. The van der Waals surface area contributed by atoms with Crippen LogP contribution < -0.4 is 14.7 Å². The van der Waals surface area contributed by atoms with Gasteiger partial charge in [0.1, 0.15) is 11.9 Å². The summed E-state index contributed by atoms with van der Waals surface area (Å²) in [5.74, 6) is 2.68. The molecule has 1 rings (SSSR count). The molecule has 3 N–H and O–H groups in total. The Morgan fingerprint density at radius 2 is 1.74 bits per heavy atom. The predicted molar refractivity (Wildman–Crippen MR) is 71.9 cm³/mol. The van der Waals surface area contributed by atoms with E-state index in [2.05, 4.69) is 28.2 Å². The molecule has 1 aliphatic rings.